The van der Waals surface area contributed by atoms with Gasteiger partial charge in [0.1, 0.15) is 5.82 Å². The maximum Gasteiger partial charge on any atom is 0.417 e. The first-order chi connectivity index (χ1) is 14.7. The lowest BCUT2D eigenvalue weighted by Gasteiger charge is -2.19. The van der Waals surface area contributed by atoms with Gasteiger partial charge in [-0.25, -0.2) is 14.4 Å². The molecule has 1 saturated carbocycles. The second-order valence-corrected chi connectivity index (χ2v) is 7.63. The number of alkyl halides is 3. The molecule has 1 atom stereocenters. The molecule has 1 aliphatic carbocycles. The van der Waals surface area contributed by atoms with E-state index >= 15 is 0 Å². The van der Waals surface area contributed by atoms with Crippen LogP contribution in [-0.2, 0) is 11.0 Å². The minimum atomic E-state index is -4.67. The number of pyridine rings is 2. The first kappa shape index (κ1) is 21.0. The molecule has 1 saturated heterocycles. The Hall–Kier alpha value is -3.24. The smallest absolute Gasteiger partial charge is 0.352 e. The van der Waals surface area contributed by atoms with Gasteiger partial charge < -0.3 is 15.5 Å². The van der Waals surface area contributed by atoms with Crippen molar-refractivity contribution in [1.29, 1.82) is 0 Å². The van der Waals surface area contributed by atoms with Crippen molar-refractivity contribution >= 4 is 23.5 Å². The monoisotopic (exact) mass is 437 g/mol. The van der Waals surface area contributed by atoms with Crippen molar-refractivity contribution in [3.05, 3.63) is 47.5 Å². The van der Waals surface area contributed by atoms with Gasteiger partial charge in [-0.15, -0.1) is 0 Å². The standard InChI is InChI=1S/C20H19F4N5O2/c21-15-8-13(20(22,23)24)9-26-17(15)29-6-4-14(10-29)27-19(31)12-3-5-25-16(7-12)28-18(30)11-1-2-11/h3,5,7-9,11,14H,1-2,4,6,10H2,(H,27,31)(H,25,28,30)/t14-/m1/s1. The zero-order valence-electron chi connectivity index (χ0n) is 16.2. The Morgan fingerprint density at radius 2 is 1.90 bits per heavy atom. The Labute approximate surface area is 174 Å². The van der Waals surface area contributed by atoms with Crippen LogP contribution >= 0.6 is 0 Å². The van der Waals surface area contributed by atoms with E-state index in [1.165, 1.54) is 23.2 Å². The number of halogens is 4. The number of amides is 2. The van der Waals surface area contributed by atoms with Crippen LogP contribution in [0.3, 0.4) is 0 Å². The maximum absolute atomic E-state index is 14.2. The first-order valence-electron chi connectivity index (χ1n) is 9.76. The van der Waals surface area contributed by atoms with E-state index in [0.29, 0.717) is 30.8 Å². The second kappa shape index (κ2) is 8.12. The predicted octanol–water partition coefficient (Wildman–Crippen LogP) is 2.99. The van der Waals surface area contributed by atoms with Crippen molar-refractivity contribution in [3.63, 3.8) is 0 Å². The molecule has 31 heavy (non-hydrogen) atoms. The molecule has 2 aromatic heterocycles. The van der Waals surface area contributed by atoms with Gasteiger partial charge in [-0.3, -0.25) is 9.59 Å². The summed E-state index contributed by atoms with van der Waals surface area (Å²) >= 11 is 0. The van der Waals surface area contributed by atoms with Gasteiger partial charge in [-0.05, 0) is 37.5 Å². The number of anilines is 2. The SMILES string of the molecule is O=C(N[C@@H]1CCN(c2ncc(C(F)(F)F)cc2F)C1)c1ccnc(NC(=O)C2CC2)c1. The number of nitrogens with zero attached hydrogens (tertiary/aromatic N) is 3. The highest BCUT2D eigenvalue weighted by Gasteiger charge is 2.34. The number of carbonyl (C=O) groups is 2. The minimum Gasteiger partial charge on any atom is -0.352 e. The lowest BCUT2D eigenvalue weighted by Crippen LogP contribution is -2.37. The molecule has 0 radical (unpaired) electrons. The van der Waals surface area contributed by atoms with Gasteiger partial charge in [-0.2, -0.15) is 13.2 Å². The molecule has 2 amide bonds. The molecule has 2 aliphatic rings. The summed E-state index contributed by atoms with van der Waals surface area (Å²) in [6.07, 6.45) is -0.491. The van der Waals surface area contributed by atoms with E-state index in [4.69, 9.17) is 0 Å². The fraction of sp³-hybridized carbons (Fsp3) is 0.400. The Morgan fingerprint density at radius 3 is 2.58 bits per heavy atom. The molecule has 164 valence electrons. The molecule has 0 spiro atoms. The molecule has 2 aromatic rings. The van der Waals surface area contributed by atoms with Crippen molar-refractivity contribution in [3.8, 4) is 0 Å². The Kier molecular flexibility index (Phi) is 5.50. The van der Waals surface area contributed by atoms with Crippen LogP contribution in [-0.4, -0.2) is 40.9 Å². The average Bonchev–Trinajstić information content (AvgIpc) is 3.47. The van der Waals surface area contributed by atoms with Gasteiger partial charge in [-0.1, -0.05) is 0 Å². The van der Waals surface area contributed by atoms with Gasteiger partial charge in [0.25, 0.3) is 5.91 Å². The van der Waals surface area contributed by atoms with Gasteiger partial charge in [0.05, 0.1) is 5.56 Å². The van der Waals surface area contributed by atoms with Gasteiger partial charge in [0, 0.05) is 43.0 Å². The maximum atomic E-state index is 14.2. The van der Waals surface area contributed by atoms with Gasteiger partial charge in [0.2, 0.25) is 5.91 Å². The fourth-order valence-corrected chi connectivity index (χ4v) is 3.37. The lowest BCUT2D eigenvalue weighted by molar-refractivity contribution is -0.138. The van der Waals surface area contributed by atoms with Crippen LogP contribution in [0.15, 0.2) is 30.6 Å². The third-order valence-corrected chi connectivity index (χ3v) is 5.19. The molecule has 0 unspecified atom stereocenters. The van der Waals surface area contributed by atoms with Gasteiger partial charge >= 0.3 is 6.18 Å². The molecular formula is C20H19F4N5O2. The summed E-state index contributed by atoms with van der Waals surface area (Å²) in [6, 6.07) is 3.06. The number of aromatic nitrogens is 2. The summed E-state index contributed by atoms with van der Waals surface area (Å²) in [5.41, 5.74) is -0.849. The van der Waals surface area contributed by atoms with E-state index in [2.05, 4.69) is 20.6 Å². The van der Waals surface area contributed by atoms with Crippen LogP contribution < -0.4 is 15.5 Å². The molecule has 4 rings (SSSR count). The number of hydrogen-bond acceptors (Lipinski definition) is 5. The summed E-state index contributed by atoms with van der Waals surface area (Å²) in [5.74, 6) is -1.47. The highest BCUT2D eigenvalue weighted by Crippen LogP contribution is 2.32. The van der Waals surface area contributed by atoms with Crippen LogP contribution in [0.1, 0.15) is 35.2 Å². The van der Waals surface area contributed by atoms with Crippen LogP contribution in [0.5, 0.6) is 0 Å². The Morgan fingerprint density at radius 1 is 1.13 bits per heavy atom. The molecule has 2 fully saturated rings. The van der Waals surface area contributed by atoms with Crippen molar-refractivity contribution in [2.45, 2.75) is 31.5 Å². The van der Waals surface area contributed by atoms with Crippen LogP contribution in [0.4, 0.5) is 29.2 Å². The van der Waals surface area contributed by atoms with E-state index in [1.807, 2.05) is 0 Å². The quantitative estimate of drug-likeness (QED) is 0.703. The van der Waals surface area contributed by atoms with Crippen molar-refractivity contribution in [2.75, 3.05) is 23.3 Å². The highest BCUT2D eigenvalue weighted by atomic mass is 19.4. The zero-order chi connectivity index (χ0) is 22.2. The molecule has 0 aromatic carbocycles. The van der Waals surface area contributed by atoms with Crippen LogP contribution in [0, 0.1) is 11.7 Å². The van der Waals surface area contributed by atoms with E-state index in [-0.39, 0.29) is 36.0 Å². The summed E-state index contributed by atoms with van der Waals surface area (Å²) in [7, 11) is 0. The van der Waals surface area contributed by atoms with E-state index in [9.17, 15) is 27.2 Å². The third kappa shape index (κ3) is 4.92. The second-order valence-electron chi connectivity index (χ2n) is 7.63. The molecular weight excluding hydrogens is 418 g/mol. The Bertz CT molecular complexity index is 1010. The number of hydrogen-bond donors (Lipinski definition) is 2. The van der Waals surface area contributed by atoms with Gasteiger partial charge in [0.15, 0.2) is 11.6 Å². The normalized spacial score (nSPS) is 18.7. The molecule has 11 heteroatoms. The third-order valence-electron chi connectivity index (χ3n) is 5.19. The summed E-state index contributed by atoms with van der Waals surface area (Å²) in [6.45, 7) is 0.538. The predicted molar refractivity (Wildman–Crippen MR) is 103 cm³/mol. The van der Waals surface area contributed by atoms with Crippen LogP contribution in [0.2, 0.25) is 0 Å². The largest absolute Gasteiger partial charge is 0.417 e. The molecule has 2 N–H and O–H groups in total. The average molecular weight is 437 g/mol. The number of rotatable bonds is 5. The zero-order valence-corrected chi connectivity index (χ0v) is 16.2. The molecule has 0 bridgehead atoms. The first-order valence-corrected chi connectivity index (χ1v) is 9.76. The fourth-order valence-electron chi connectivity index (χ4n) is 3.37. The molecule has 3 heterocycles. The molecule has 7 nitrogen and oxygen atoms in total. The molecule has 1 aliphatic heterocycles. The highest BCUT2D eigenvalue weighted by molar-refractivity contribution is 5.97. The summed E-state index contributed by atoms with van der Waals surface area (Å²) in [4.78, 5) is 33.6. The topological polar surface area (TPSA) is 87.2 Å². The number of nitrogens with one attached hydrogen (secondary N) is 2. The van der Waals surface area contributed by atoms with E-state index < -0.39 is 23.5 Å². The minimum absolute atomic E-state index is 0.00274. The van der Waals surface area contributed by atoms with Crippen molar-refractivity contribution in [2.24, 2.45) is 5.92 Å². The number of carbonyl (C=O) groups excluding carboxylic acids is 2. The van der Waals surface area contributed by atoms with Crippen molar-refractivity contribution in [1.82, 2.24) is 15.3 Å². The Balaban J connectivity index is 1.37. The lowest BCUT2D eigenvalue weighted by atomic mass is 10.2. The summed E-state index contributed by atoms with van der Waals surface area (Å²) < 4.78 is 52.2. The van der Waals surface area contributed by atoms with E-state index in [1.54, 1.807) is 0 Å². The van der Waals surface area contributed by atoms with E-state index in [0.717, 1.165) is 12.8 Å². The van der Waals surface area contributed by atoms with Crippen molar-refractivity contribution < 1.29 is 27.2 Å². The summed E-state index contributed by atoms with van der Waals surface area (Å²) in [5, 5.41) is 5.49. The van der Waals surface area contributed by atoms with Crippen LogP contribution in [0.25, 0.3) is 0 Å².